The molecule has 0 radical (unpaired) electrons. The molecule has 1 aromatic heterocycles. The maximum absolute atomic E-state index is 13.5. The zero-order valence-electron chi connectivity index (χ0n) is 19.4. The molecule has 198 valence electrons. The van der Waals surface area contributed by atoms with Crippen molar-refractivity contribution in [3.63, 3.8) is 0 Å². The van der Waals surface area contributed by atoms with Crippen LogP contribution in [-0.4, -0.2) is 54.0 Å². The third-order valence-electron chi connectivity index (χ3n) is 7.40. The molecule has 1 saturated carbocycles. The molecule has 0 bridgehead atoms. The highest BCUT2D eigenvalue weighted by Crippen LogP contribution is 2.68. The number of sulfone groups is 1. The summed E-state index contributed by atoms with van der Waals surface area (Å²) in [7, 11) is -3.76. The first-order valence-corrected chi connectivity index (χ1v) is 13.9. The third-order valence-corrected chi connectivity index (χ3v) is 10.0. The van der Waals surface area contributed by atoms with Gasteiger partial charge in [0.1, 0.15) is 23.4 Å². The smallest absolute Gasteiger partial charge is 0.402 e. The Labute approximate surface area is 219 Å². The second-order valence-electron chi connectivity index (χ2n) is 9.40. The molecule has 0 saturated heterocycles. The van der Waals surface area contributed by atoms with E-state index in [0.717, 1.165) is 0 Å². The molecule has 7 nitrogen and oxygen atoms in total. The minimum absolute atomic E-state index is 0.00439. The van der Waals surface area contributed by atoms with Gasteiger partial charge in [-0.15, -0.1) is 0 Å². The number of fused-ring (bicyclic) bond motifs is 3. The Morgan fingerprint density at radius 3 is 2.51 bits per heavy atom. The topological polar surface area (TPSA) is 106 Å². The summed E-state index contributed by atoms with van der Waals surface area (Å²) in [6.45, 7) is 0. The lowest BCUT2D eigenvalue weighted by molar-refractivity contribution is -0.160. The van der Waals surface area contributed by atoms with Crippen molar-refractivity contribution >= 4 is 25.8 Å². The van der Waals surface area contributed by atoms with Gasteiger partial charge in [0, 0.05) is 10.4 Å². The monoisotopic (exact) mass is 601 g/mol. The van der Waals surface area contributed by atoms with Gasteiger partial charge in [0.05, 0.1) is 30.3 Å². The SMILES string of the molecule is COc1cncc2c1[C@]1(O)[C@H](O)[C@H](S(=O)(=O)CC(F)(F)F)[C@@H](C3C=CC=CC3)[C@]1(c1ccc(Br)cc1)O2. The molecular formula is C25H23BrF3NO6S. The number of aliphatic hydroxyl groups is 2. The van der Waals surface area contributed by atoms with E-state index in [9.17, 15) is 31.8 Å². The first-order chi connectivity index (χ1) is 17.4. The van der Waals surface area contributed by atoms with Crippen LogP contribution in [0.25, 0.3) is 0 Å². The predicted molar refractivity (Wildman–Crippen MR) is 131 cm³/mol. The number of methoxy groups -OCH3 is 1. The Morgan fingerprint density at radius 1 is 1.22 bits per heavy atom. The molecule has 2 aliphatic carbocycles. The van der Waals surface area contributed by atoms with Gasteiger partial charge in [0.25, 0.3) is 0 Å². The molecule has 6 atom stereocenters. The Morgan fingerprint density at radius 2 is 1.92 bits per heavy atom. The highest BCUT2D eigenvalue weighted by Gasteiger charge is 2.79. The van der Waals surface area contributed by atoms with E-state index in [2.05, 4.69) is 20.9 Å². The number of allylic oxidation sites excluding steroid dienone is 4. The van der Waals surface area contributed by atoms with Crippen molar-refractivity contribution in [2.75, 3.05) is 12.9 Å². The van der Waals surface area contributed by atoms with Gasteiger partial charge in [-0.2, -0.15) is 13.2 Å². The number of aromatic nitrogens is 1. The molecular weight excluding hydrogens is 579 g/mol. The Hall–Kier alpha value is -2.41. The summed E-state index contributed by atoms with van der Waals surface area (Å²) in [5.74, 6) is -4.13. The number of pyridine rings is 1. The molecule has 37 heavy (non-hydrogen) atoms. The molecule has 5 rings (SSSR count). The van der Waals surface area contributed by atoms with Crippen LogP contribution in [-0.2, 0) is 21.0 Å². The van der Waals surface area contributed by atoms with Crippen molar-refractivity contribution in [3.05, 3.63) is 76.6 Å². The minimum atomic E-state index is -5.06. The zero-order valence-corrected chi connectivity index (χ0v) is 21.8. The van der Waals surface area contributed by atoms with Gasteiger partial charge in [-0.05, 0) is 30.0 Å². The number of rotatable bonds is 5. The summed E-state index contributed by atoms with van der Waals surface area (Å²) in [6.07, 6.45) is 2.39. The number of ether oxygens (including phenoxy) is 2. The molecule has 2 heterocycles. The van der Waals surface area contributed by atoms with Crippen molar-refractivity contribution in [2.24, 2.45) is 11.8 Å². The highest BCUT2D eigenvalue weighted by molar-refractivity contribution is 9.10. The first-order valence-electron chi connectivity index (χ1n) is 11.4. The van der Waals surface area contributed by atoms with Crippen molar-refractivity contribution in [1.29, 1.82) is 0 Å². The summed E-state index contributed by atoms with van der Waals surface area (Å²) < 4.78 is 79.8. The number of benzene rings is 1. The van der Waals surface area contributed by atoms with Crippen molar-refractivity contribution in [3.8, 4) is 11.5 Å². The number of halogens is 4. The lowest BCUT2D eigenvalue weighted by Crippen LogP contribution is -2.53. The summed E-state index contributed by atoms with van der Waals surface area (Å²) in [5.41, 5.74) is -4.26. The molecule has 3 aliphatic rings. The quantitative estimate of drug-likeness (QED) is 0.537. The van der Waals surface area contributed by atoms with Crippen LogP contribution in [0.5, 0.6) is 11.5 Å². The Bertz CT molecular complexity index is 1380. The summed E-state index contributed by atoms with van der Waals surface area (Å²) in [6, 6.07) is 6.46. The second kappa shape index (κ2) is 8.82. The number of hydrogen-bond acceptors (Lipinski definition) is 7. The van der Waals surface area contributed by atoms with Crippen molar-refractivity contribution in [2.45, 2.75) is 35.2 Å². The number of nitrogens with zero attached hydrogens (tertiary/aromatic N) is 1. The molecule has 1 aromatic carbocycles. The lowest BCUT2D eigenvalue weighted by atomic mass is 9.68. The van der Waals surface area contributed by atoms with E-state index < -0.39 is 56.2 Å². The van der Waals surface area contributed by atoms with Crippen LogP contribution < -0.4 is 9.47 Å². The van der Waals surface area contributed by atoms with Crippen LogP contribution in [0.2, 0.25) is 0 Å². The van der Waals surface area contributed by atoms with Crippen LogP contribution in [0.4, 0.5) is 13.2 Å². The minimum Gasteiger partial charge on any atom is -0.495 e. The summed E-state index contributed by atoms with van der Waals surface area (Å²) in [4.78, 5) is 4.06. The maximum Gasteiger partial charge on any atom is 0.402 e. The molecule has 1 aliphatic heterocycles. The zero-order chi connectivity index (χ0) is 26.8. The fraction of sp³-hybridized carbons (Fsp3) is 0.400. The summed E-state index contributed by atoms with van der Waals surface area (Å²) >= 11 is 3.35. The highest BCUT2D eigenvalue weighted by atomic mass is 79.9. The average Bonchev–Trinajstić information content (AvgIpc) is 3.22. The molecule has 2 aromatic rings. The van der Waals surface area contributed by atoms with E-state index in [1.165, 1.54) is 19.5 Å². The van der Waals surface area contributed by atoms with E-state index in [4.69, 9.17) is 9.47 Å². The Kier molecular flexibility index (Phi) is 6.25. The molecule has 12 heteroatoms. The van der Waals surface area contributed by atoms with Crippen molar-refractivity contribution in [1.82, 2.24) is 4.98 Å². The van der Waals surface area contributed by atoms with E-state index >= 15 is 0 Å². The van der Waals surface area contributed by atoms with Crippen LogP contribution in [0.1, 0.15) is 17.5 Å². The van der Waals surface area contributed by atoms with Gasteiger partial charge in [-0.1, -0.05) is 52.4 Å². The third kappa shape index (κ3) is 3.83. The van der Waals surface area contributed by atoms with E-state index in [0.29, 0.717) is 4.47 Å². The van der Waals surface area contributed by atoms with Crippen LogP contribution in [0, 0.1) is 11.8 Å². The van der Waals surface area contributed by atoms with E-state index in [-0.39, 0.29) is 29.0 Å². The van der Waals surface area contributed by atoms with Crippen LogP contribution >= 0.6 is 15.9 Å². The van der Waals surface area contributed by atoms with Gasteiger partial charge in [-0.3, -0.25) is 4.98 Å². The van der Waals surface area contributed by atoms with Gasteiger partial charge in [0.2, 0.25) is 0 Å². The molecule has 2 N–H and O–H groups in total. The molecule has 1 unspecified atom stereocenters. The fourth-order valence-corrected chi connectivity index (χ4v) is 8.49. The summed E-state index contributed by atoms with van der Waals surface area (Å²) in [5, 5.41) is 22.2. The average molecular weight is 602 g/mol. The van der Waals surface area contributed by atoms with Gasteiger partial charge < -0.3 is 19.7 Å². The second-order valence-corrected chi connectivity index (χ2v) is 12.5. The number of alkyl halides is 3. The van der Waals surface area contributed by atoms with Crippen LogP contribution in [0.3, 0.4) is 0 Å². The molecule has 0 spiro atoms. The Balaban J connectivity index is 1.85. The van der Waals surface area contributed by atoms with Gasteiger partial charge >= 0.3 is 6.18 Å². The molecule has 1 fully saturated rings. The molecule has 0 amide bonds. The van der Waals surface area contributed by atoms with Gasteiger partial charge in [-0.25, -0.2) is 8.42 Å². The van der Waals surface area contributed by atoms with E-state index in [1.54, 1.807) is 48.6 Å². The van der Waals surface area contributed by atoms with Gasteiger partial charge in [0.15, 0.2) is 21.0 Å². The number of hydrogen-bond donors (Lipinski definition) is 2. The number of aliphatic hydroxyl groups excluding tert-OH is 1. The van der Waals surface area contributed by atoms with Crippen molar-refractivity contribution < 1.29 is 41.3 Å². The van der Waals surface area contributed by atoms with Crippen LogP contribution in [0.15, 0.2) is 65.4 Å². The first kappa shape index (κ1) is 26.2. The lowest BCUT2D eigenvalue weighted by Gasteiger charge is -2.43. The maximum atomic E-state index is 13.5. The predicted octanol–water partition coefficient (Wildman–Crippen LogP) is 3.80. The largest absolute Gasteiger partial charge is 0.495 e. The normalized spacial score (nSPS) is 32.6. The fourth-order valence-electron chi connectivity index (χ4n) is 6.15. The standard InChI is InChI=1S/C25H23BrF3NO6S/c1-35-17-11-30-12-18-20(17)24(32)22(31)21(37(33,34)13-23(27,28)29)19(14-5-3-2-4-6-14)25(24,36-18)15-7-9-16(26)10-8-15/h2-5,7-12,14,19,21-22,31-32H,6,13H2,1H3/t14?,19-,21-,22-,24+,25+/m1/s1. The van der Waals surface area contributed by atoms with E-state index in [1.807, 2.05) is 0 Å².